The number of nitrogens with one attached hydrogen (secondary N) is 1. The zero-order chi connectivity index (χ0) is 26.9. The van der Waals surface area contributed by atoms with Crippen LogP contribution in [0.1, 0.15) is 69.2 Å². The van der Waals surface area contributed by atoms with Gasteiger partial charge in [0, 0.05) is 44.5 Å². The van der Waals surface area contributed by atoms with Crippen molar-refractivity contribution in [2.45, 2.75) is 78.6 Å². The molecule has 2 amide bonds. The number of rotatable bonds is 5. The Morgan fingerprint density at radius 1 is 1.16 bits per heavy atom. The van der Waals surface area contributed by atoms with Gasteiger partial charge in [0.2, 0.25) is 5.89 Å². The summed E-state index contributed by atoms with van der Waals surface area (Å²) >= 11 is 0. The van der Waals surface area contributed by atoms with E-state index >= 15 is 0 Å². The van der Waals surface area contributed by atoms with Gasteiger partial charge in [0.1, 0.15) is 11.6 Å². The molecule has 11 nitrogen and oxygen atoms in total. The number of carbonyl (C=O) groups excluding carboxylic acids is 1. The van der Waals surface area contributed by atoms with E-state index in [1.165, 1.54) is 4.90 Å². The monoisotopic (exact) mass is 514 g/mol. The molecule has 2 aromatic rings. The van der Waals surface area contributed by atoms with E-state index < -0.39 is 11.7 Å². The van der Waals surface area contributed by atoms with E-state index in [0.717, 1.165) is 41.8 Å². The second-order valence-corrected chi connectivity index (χ2v) is 11.1. The van der Waals surface area contributed by atoms with Crippen LogP contribution in [0.3, 0.4) is 0 Å². The average Bonchev–Trinajstić information content (AvgIpc) is 3.45. The van der Waals surface area contributed by atoms with Crippen molar-refractivity contribution in [3.63, 3.8) is 0 Å². The smallest absolute Gasteiger partial charge is 0.410 e. The minimum absolute atomic E-state index is 0.0541. The van der Waals surface area contributed by atoms with Gasteiger partial charge in [-0.2, -0.15) is 0 Å². The van der Waals surface area contributed by atoms with Crippen LogP contribution in [0.5, 0.6) is 0 Å². The van der Waals surface area contributed by atoms with Gasteiger partial charge in [0.05, 0.1) is 0 Å². The first-order chi connectivity index (χ1) is 17.4. The topological polar surface area (TPSA) is 124 Å². The lowest BCUT2D eigenvalue weighted by molar-refractivity contribution is 0.0204. The molecule has 3 heterocycles. The maximum absolute atomic E-state index is 12.7. The number of ether oxygens (including phenoxy) is 1. The van der Waals surface area contributed by atoms with Gasteiger partial charge in [-0.3, -0.25) is 9.80 Å². The standard InChI is InChI=1S/C26H38N6O5/c1-16-12-19(15-30-10-11-31(24(33)34)17(2)14-30)18(3)20(13-16)27-23-29-28-22(36-23)21-8-7-9-32(21)25(35)37-26(4,5)6/h12-13,17,21H,7-11,14-15H2,1-6H3,(H,27,29)(H,33,34)/t17-,21-/m0/s1. The van der Waals surface area contributed by atoms with E-state index in [1.807, 2.05) is 47.6 Å². The Hall–Kier alpha value is -3.34. The number of benzene rings is 1. The van der Waals surface area contributed by atoms with Gasteiger partial charge >= 0.3 is 18.2 Å². The lowest BCUT2D eigenvalue weighted by Crippen LogP contribution is -2.53. The number of aryl methyl sites for hydroxylation is 1. The fourth-order valence-electron chi connectivity index (χ4n) is 5.03. The molecule has 2 atom stereocenters. The molecule has 0 spiro atoms. The van der Waals surface area contributed by atoms with Gasteiger partial charge in [0.25, 0.3) is 0 Å². The van der Waals surface area contributed by atoms with Crippen LogP contribution < -0.4 is 5.32 Å². The molecule has 2 fully saturated rings. The van der Waals surface area contributed by atoms with Crippen molar-refractivity contribution >= 4 is 23.9 Å². The number of aromatic nitrogens is 2. The minimum atomic E-state index is -0.865. The zero-order valence-corrected chi connectivity index (χ0v) is 22.6. The first-order valence-corrected chi connectivity index (χ1v) is 12.8. The van der Waals surface area contributed by atoms with Crippen LogP contribution in [0, 0.1) is 13.8 Å². The van der Waals surface area contributed by atoms with E-state index in [9.17, 15) is 14.7 Å². The lowest BCUT2D eigenvalue weighted by atomic mass is 10.0. The molecule has 1 aromatic carbocycles. The quantitative estimate of drug-likeness (QED) is 0.585. The predicted octanol–water partition coefficient (Wildman–Crippen LogP) is 4.69. The van der Waals surface area contributed by atoms with Crippen LogP contribution in [-0.2, 0) is 11.3 Å². The van der Waals surface area contributed by atoms with Gasteiger partial charge < -0.3 is 24.5 Å². The number of nitrogens with zero attached hydrogens (tertiary/aromatic N) is 5. The third-order valence-corrected chi connectivity index (χ3v) is 6.86. The number of anilines is 2. The normalized spacial score (nSPS) is 20.8. The van der Waals surface area contributed by atoms with E-state index in [-0.39, 0.29) is 24.2 Å². The van der Waals surface area contributed by atoms with Crippen LogP contribution >= 0.6 is 0 Å². The molecule has 0 radical (unpaired) electrons. The van der Waals surface area contributed by atoms with Gasteiger partial charge in [-0.15, -0.1) is 5.10 Å². The zero-order valence-electron chi connectivity index (χ0n) is 22.6. The van der Waals surface area contributed by atoms with Crippen molar-refractivity contribution in [3.05, 3.63) is 34.7 Å². The van der Waals surface area contributed by atoms with Crippen LogP contribution in [0.2, 0.25) is 0 Å². The molecule has 202 valence electrons. The number of carboxylic acid groups (broad SMARTS) is 1. The number of hydrogen-bond acceptors (Lipinski definition) is 8. The Morgan fingerprint density at radius 3 is 2.59 bits per heavy atom. The second-order valence-electron chi connectivity index (χ2n) is 11.1. The van der Waals surface area contributed by atoms with E-state index in [1.54, 1.807) is 4.90 Å². The predicted molar refractivity (Wildman–Crippen MR) is 138 cm³/mol. The lowest BCUT2D eigenvalue weighted by Gasteiger charge is -2.38. The summed E-state index contributed by atoms with van der Waals surface area (Å²) < 4.78 is 11.5. The Morgan fingerprint density at radius 2 is 1.92 bits per heavy atom. The molecule has 0 saturated carbocycles. The van der Waals surface area contributed by atoms with Crippen molar-refractivity contribution in [3.8, 4) is 0 Å². The van der Waals surface area contributed by atoms with Crippen molar-refractivity contribution in [2.24, 2.45) is 0 Å². The highest BCUT2D eigenvalue weighted by atomic mass is 16.6. The molecule has 0 unspecified atom stereocenters. The maximum atomic E-state index is 12.7. The van der Waals surface area contributed by atoms with Crippen LogP contribution in [-0.4, -0.2) is 80.0 Å². The van der Waals surface area contributed by atoms with Crippen molar-refractivity contribution < 1.29 is 23.8 Å². The second kappa shape index (κ2) is 10.6. The third kappa shape index (κ3) is 6.33. The van der Waals surface area contributed by atoms with Gasteiger partial charge in [-0.1, -0.05) is 11.2 Å². The molecule has 37 heavy (non-hydrogen) atoms. The summed E-state index contributed by atoms with van der Waals surface area (Å²) in [5.74, 6) is 0.390. The minimum Gasteiger partial charge on any atom is -0.465 e. The molecule has 0 bridgehead atoms. The highest BCUT2D eigenvalue weighted by Gasteiger charge is 2.36. The Balaban J connectivity index is 1.45. The Bertz CT molecular complexity index is 1140. The summed E-state index contributed by atoms with van der Waals surface area (Å²) in [5, 5.41) is 21.0. The largest absolute Gasteiger partial charge is 0.465 e. The molecular formula is C26H38N6O5. The van der Waals surface area contributed by atoms with E-state index in [0.29, 0.717) is 32.1 Å². The number of piperazine rings is 1. The first kappa shape index (κ1) is 26.7. The number of carbonyl (C=O) groups is 2. The molecule has 2 aliphatic rings. The SMILES string of the molecule is Cc1cc(CN2CCN(C(=O)O)[C@@H](C)C2)c(C)c(Nc2nnc([C@@H]3CCCN3C(=O)OC(C)(C)C)o2)c1. The van der Waals surface area contributed by atoms with Gasteiger partial charge in [0.15, 0.2) is 0 Å². The Kier molecular flexibility index (Phi) is 7.63. The van der Waals surface area contributed by atoms with E-state index in [4.69, 9.17) is 9.15 Å². The fourth-order valence-corrected chi connectivity index (χ4v) is 5.03. The summed E-state index contributed by atoms with van der Waals surface area (Å²) in [6, 6.07) is 4.11. The molecule has 4 rings (SSSR count). The number of hydrogen-bond donors (Lipinski definition) is 2. The van der Waals surface area contributed by atoms with Crippen LogP contribution in [0.4, 0.5) is 21.3 Å². The summed E-state index contributed by atoms with van der Waals surface area (Å²) in [4.78, 5) is 29.5. The van der Waals surface area contributed by atoms with Gasteiger partial charge in [-0.25, -0.2) is 9.59 Å². The van der Waals surface area contributed by atoms with Crippen LogP contribution in [0.25, 0.3) is 0 Å². The summed E-state index contributed by atoms with van der Waals surface area (Å²) in [6.45, 7) is 14.8. The number of amides is 2. The highest BCUT2D eigenvalue weighted by molar-refractivity contribution is 5.69. The first-order valence-electron chi connectivity index (χ1n) is 12.8. The maximum Gasteiger partial charge on any atom is 0.410 e. The summed E-state index contributed by atoms with van der Waals surface area (Å²) in [5.41, 5.74) is 3.61. The Labute approximate surface area is 217 Å². The third-order valence-electron chi connectivity index (χ3n) is 6.86. The van der Waals surface area contributed by atoms with Crippen LogP contribution in [0.15, 0.2) is 16.5 Å². The molecule has 0 aliphatic carbocycles. The van der Waals surface area contributed by atoms with Crippen molar-refractivity contribution in [1.29, 1.82) is 0 Å². The molecular weight excluding hydrogens is 476 g/mol. The molecule has 11 heteroatoms. The van der Waals surface area contributed by atoms with E-state index in [2.05, 4.69) is 26.5 Å². The fraction of sp³-hybridized carbons (Fsp3) is 0.615. The molecule has 2 N–H and O–H groups in total. The molecule has 2 aliphatic heterocycles. The van der Waals surface area contributed by atoms with Crippen molar-refractivity contribution in [2.75, 3.05) is 31.5 Å². The van der Waals surface area contributed by atoms with Crippen molar-refractivity contribution in [1.82, 2.24) is 24.9 Å². The molecule has 2 saturated heterocycles. The summed E-state index contributed by atoms with van der Waals surface area (Å²) in [6.07, 6.45) is 0.341. The average molecular weight is 515 g/mol. The van der Waals surface area contributed by atoms with Gasteiger partial charge in [-0.05, 0) is 77.1 Å². The number of likely N-dealkylation sites (tertiary alicyclic amines) is 1. The highest BCUT2D eigenvalue weighted by Crippen LogP contribution is 2.34. The molecule has 1 aromatic heterocycles. The summed E-state index contributed by atoms with van der Waals surface area (Å²) in [7, 11) is 0.